The number of benzene rings is 2. The molecule has 0 aliphatic heterocycles. The van der Waals surface area contributed by atoms with E-state index in [0.29, 0.717) is 5.56 Å². The van der Waals surface area contributed by atoms with E-state index in [9.17, 15) is 5.11 Å². The summed E-state index contributed by atoms with van der Waals surface area (Å²) < 4.78 is 5.13. The summed E-state index contributed by atoms with van der Waals surface area (Å²) >= 11 is 0. The Balaban J connectivity index is 2.27. The van der Waals surface area contributed by atoms with Gasteiger partial charge in [-0.25, -0.2) is 0 Å². The van der Waals surface area contributed by atoms with E-state index >= 15 is 0 Å². The van der Waals surface area contributed by atoms with Crippen LogP contribution in [0.1, 0.15) is 11.1 Å². The first-order chi connectivity index (χ1) is 8.70. The summed E-state index contributed by atoms with van der Waals surface area (Å²) in [5.74, 6) is 1.03. The molecule has 2 aromatic rings. The second-order valence-electron chi connectivity index (χ2n) is 3.97. The van der Waals surface area contributed by atoms with Gasteiger partial charge in [0.25, 0.3) is 0 Å². The maximum atomic E-state index is 9.86. The van der Waals surface area contributed by atoms with Gasteiger partial charge >= 0.3 is 0 Å². The van der Waals surface area contributed by atoms with Gasteiger partial charge in [-0.05, 0) is 30.7 Å². The number of nitrogens with zero attached hydrogens (tertiary/aromatic N) is 1. The zero-order valence-electron chi connectivity index (χ0n) is 10.4. The van der Waals surface area contributed by atoms with Crippen LogP contribution < -0.4 is 4.74 Å². The molecule has 2 rings (SSSR count). The van der Waals surface area contributed by atoms with Crippen LogP contribution in [0.2, 0.25) is 0 Å². The van der Waals surface area contributed by atoms with E-state index in [2.05, 4.69) is 4.99 Å². The van der Waals surface area contributed by atoms with Crippen LogP contribution in [0.3, 0.4) is 0 Å². The van der Waals surface area contributed by atoms with Crippen molar-refractivity contribution < 1.29 is 9.84 Å². The number of phenols is 1. The Hall–Kier alpha value is -2.29. The molecule has 3 nitrogen and oxygen atoms in total. The highest BCUT2D eigenvalue weighted by atomic mass is 16.5. The fraction of sp³-hybridized carbons (Fsp3) is 0.133. The number of para-hydroxylation sites is 1. The van der Waals surface area contributed by atoms with Gasteiger partial charge in [0, 0.05) is 17.8 Å². The highest BCUT2D eigenvalue weighted by molar-refractivity contribution is 5.85. The first-order valence-electron chi connectivity index (χ1n) is 5.67. The molecule has 2 aromatic carbocycles. The van der Waals surface area contributed by atoms with Crippen LogP contribution in [0.4, 0.5) is 5.69 Å². The van der Waals surface area contributed by atoms with Gasteiger partial charge in [-0.2, -0.15) is 0 Å². The summed E-state index contributed by atoms with van der Waals surface area (Å²) in [6, 6.07) is 13.0. The predicted octanol–water partition coefficient (Wildman–Crippen LogP) is 3.46. The van der Waals surface area contributed by atoms with Gasteiger partial charge in [-0.1, -0.05) is 18.2 Å². The van der Waals surface area contributed by atoms with Crippen molar-refractivity contribution in [1.29, 1.82) is 0 Å². The zero-order chi connectivity index (χ0) is 13.0. The fourth-order valence-corrected chi connectivity index (χ4v) is 1.62. The van der Waals surface area contributed by atoms with E-state index in [1.54, 1.807) is 13.3 Å². The van der Waals surface area contributed by atoms with Crippen molar-refractivity contribution in [1.82, 2.24) is 0 Å². The van der Waals surface area contributed by atoms with Crippen molar-refractivity contribution in [3.8, 4) is 11.5 Å². The van der Waals surface area contributed by atoms with E-state index in [4.69, 9.17) is 4.74 Å². The molecule has 0 heterocycles. The number of ether oxygens (including phenoxy) is 1. The van der Waals surface area contributed by atoms with Crippen molar-refractivity contribution in [2.24, 2.45) is 4.99 Å². The van der Waals surface area contributed by atoms with Crippen molar-refractivity contribution in [3.05, 3.63) is 53.6 Å². The first-order valence-corrected chi connectivity index (χ1v) is 5.67. The zero-order valence-corrected chi connectivity index (χ0v) is 10.4. The summed E-state index contributed by atoms with van der Waals surface area (Å²) in [6.07, 6.45) is 1.65. The number of rotatable bonds is 3. The van der Waals surface area contributed by atoms with Gasteiger partial charge in [0.1, 0.15) is 11.5 Å². The van der Waals surface area contributed by atoms with E-state index in [0.717, 1.165) is 17.0 Å². The Bertz CT molecular complexity index is 576. The molecule has 0 aromatic heterocycles. The Kier molecular flexibility index (Phi) is 3.63. The highest BCUT2D eigenvalue weighted by Gasteiger charge is 2.00. The van der Waals surface area contributed by atoms with Gasteiger partial charge in [0.2, 0.25) is 0 Å². The van der Waals surface area contributed by atoms with E-state index < -0.39 is 0 Å². The lowest BCUT2D eigenvalue weighted by Crippen LogP contribution is -1.85. The monoisotopic (exact) mass is 241 g/mol. The molecule has 0 aliphatic rings. The lowest BCUT2D eigenvalue weighted by Gasteiger charge is -2.02. The Labute approximate surface area is 106 Å². The molecule has 18 heavy (non-hydrogen) atoms. The number of hydrogen-bond acceptors (Lipinski definition) is 3. The number of methoxy groups -OCH3 is 1. The van der Waals surface area contributed by atoms with Gasteiger partial charge in [0.15, 0.2) is 0 Å². The summed E-state index contributed by atoms with van der Waals surface area (Å²) in [6.45, 7) is 1.86. The average molecular weight is 241 g/mol. The van der Waals surface area contributed by atoms with Gasteiger partial charge in [0.05, 0.1) is 12.8 Å². The lowest BCUT2D eigenvalue weighted by atomic mass is 10.1. The van der Waals surface area contributed by atoms with Crippen molar-refractivity contribution in [2.75, 3.05) is 7.11 Å². The SMILES string of the molecule is COc1cccc(N=Cc2cccc(C)c2O)c1. The molecule has 0 fully saturated rings. The second kappa shape index (κ2) is 5.36. The fourth-order valence-electron chi connectivity index (χ4n) is 1.62. The van der Waals surface area contributed by atoms with Crippen molar-refractivity contribution in [2.45, 2.75) is 6.92 Å². The molecule has 0 bridgehead atoms. The molecule has 3 heteroatoms. The minimum absolute atomic E-state index is 0.268. The largest absolute Gasteiger partial charge is 0.507 e. The molecule has 0 unspecified atom stereocenters. The summed E-state index contributed by atoms with van der Waals surface area (Å²) in [7, 11) is 1.62. The summed E-state index contributed by atoms with van der Waals surface area (Å²) in [5, 5.41) is 9.86. The smallest absolute Gasteiger partial charge is 0.127 e. The standard InChI is InChI=1S/C15H15NO2/c1-11-5-3-6-12(15(11)17)10-16-13-7-4-8-14(9-13)18-2/h3-10,17H,1-2H3. The topological polar surface area (TPSA) is 41.8 Å². The molecular formula is C15H15NO2. The molecular weight excluding hydrogens is 226 g/mol. The molecule has 0 saturated heterocycles. The van der Waals surface area contributed by atoms with E-state index in [-0.39, 0.29) is 5.75 Å². The Morgan fingerprint density at radius 1 is 1.17 bits per heavy atom. The molecule has 0 atom stereocenters. The van der Waals surface area contributed by atoms with Gasteiger partial charge in [-0.15, -0.1) is 0 Å². The molecule has 0 saturated carbocycles. The van der Waals surface area contributed by atoms with Crippen molar-refractivity contribution >= 4 is 11.9 Å². The minimum Gasteiger partial charge on any atom is -0.507 e. The number of aliphatic imine (C=N–C) groups is 1. The van der Waals surface area contributed by atoms with Crippen LogP contribution in [0.25, 0.3) is 0 Å². The van der Waals surface area contributed by atoms with Crippen LogP contribution >= 0.6 is 0 Å². The quantitative estimate of drug-likeness (QED) is 0.836. The van der Waals surface area contributed by atoms with Crippen LogP contribution in [-0.2, 0) is 0 Å². The lowest BCUT2D eigenvalue weighted by molar-refractivity contribution is 0.415. The maximum Gasteiger partial charge on any atom is 0.127 e. The van der Waals surface area contributed by atoms with Gasteiger partial charge in [-0.3, -0.25) is 4.99 Å². The molecule has 0 amide bonds. The molecule has 0 aliphatic carbocycles. The number of hydrogen-bond donors (Lipinski definition) is 1. The number of aryl methyl sites for hydroxylation is 1. The highest BCUT2D eigenvalue weighted by Crippen LogP contribution is 2.22. The summed E-state index contributed by atoms with van der Waals surface area (Å²) in [4.78, 5) is 4.32. The Morgan fingerprint density at radius 3 is 2.72 bits per heavy atom. The maximum absolute atomic E-state index is 9.86. The molecule has 0 spiro atoms. The van der Waals surface area contributed by atoms with E-state index in [1.165, 1.54) is 0 Å². The summed E-state index contributed by atoms with van der Waals surface area (Å²) in [5.41, 5.74) is 2.33. The van der Waals surface area contributed by atoms with Crippen LogP contribution in [0, 0.1) is 6.92 Å². The third-order valence-electron chi connectivity index (χ3n) is 2.67. The van der Waals surface area contributed by atoms with Crippen LogP contribution in [-0.4, -0.2) is 18.4 Å². The normalized spacial score (nSPS) is 10.8. The molecule has 92 valence electrons. The van der Waals surface area contributed by atoms with Gasteiger partial charge < -0.3 is 9.84 Å². The molecule has 0 radical (unpaired) electrons. The minimum atomic E-state index is 0.268. The van der Waals surface area contributed by atoms with Crippen LogP contribution in [0.5, 0.6) is 11.5 Å². The number of aromatic hydroxyl groups is 1. The number of phenolic OH excluding ortho intramolecular Hbond substituents is 1. The Morgan fingerprint density at radius 2 is 1.94 bits per heavy atom. The van der Waals surface area contributed by atoms with Crippen molar-refractivity contribution in [3.63, 3.8) is 0 Å². The third-order valence-corrected chi connectivity index (χ3v) is 2.67. The second-order valence-corrected chi connectivity index (χ2v) is 3.97. The van der Waals surface area contributed by atoms with E-state index in [1.807, 2.05) is 49.4 Å². The average Bonchev–Trinajstić information content (AvgIpc) is 2.41. The first kappa shape index (κ1) is 12.2. The third kappa shape index (κ3) is 2.69. The molecule has 1 N–H and O–H groups in total. The predicted molar refractivity (Wildman–Crippen MR) is 73.1 cm³/mol. The van der Waals surface area contributed by atoms with Crippen LogP contribution in [0.15, 0.2) is 47.5 Å².